The van der Waals surface area contributed by atoms with Gasteiger partial charge in [0.2, 0.25) is 0 Å². The first-order chi connectivity index (χ1) is 10.5. The van der Waals surface area contributed by atoms with Gasteiger partial charge in [-0.3, -0.25) is 4.79 Å². The summed E-state index contributed by atoms with van der Waals surface area (Å²) in [5, 5.41) is 10.0. The number of aliphatic carboxylic acids is 1. The van der Waals surface area contributed by atoms with Crippen LogP contribution in [0.3, 0.4) is 0 Å². The molecule has 1 heterocycles. The SMILES string of the molecule is COCC1(C(=O)O)CCCN1C(=O)c1ccc(Cl)cc1OC. The number of benzene rings is 1. The minimum absolute atomic E-state index is 0.0516. The highest BCUT2D eigenvalue weighted by molar-refractivity contribution is 6.30. The van der Waals surface area contributed by atoms with Gasteiger partial charge in [0.15, 0.2) is 5.54 Å². The summed E-state index contributed by atoms with van der Waals surface area (Å²) in [5.41, 5.74) is -1.05. The molecule has 1 fully saturated rings. The monoisotopic (exact) mass is 327 g/mol. The molecule has 0 aliphatic carbocycles. The summed E-state index contributed by atoms with van der Waals surface area (Å²) in [5.74, 6) is -1.14. The van der Waals surface area contributed by atoms with E-state index in [0.29, 0.717) is 30.2 Å². The molecule has 0 radical (unpaired) electrons. The minimum atomic E-state index is -1.34. The lowest BCUT2D eigenvalue weighted by Gasteiger charge is -2.34. The second-order valence-corrected chi connectivity index (χ2v) is 5.61. The number of hydrogen-bond acceptors (Lipinski definition) is 4. The number of carbonyl (C=O) groups is 2. The van der Waals surface area contributed by atoms with Gasteiger partial charge in [0.05, 0.1) is 19.3 Å². The Kier molecular flexibility index (Phi) is 4.93. The number of ether oxygens (including phenoxy) is 2. The van der Waals surface area contributed by atoms with Crippen molar-refractivity contribution in [2.45, 2.75) is 18.4 Å². The van der Waals surface area contributed by atoms with E-state index in [9.17, 15) is 14.7 Å². The van der Waals surface area contributed by atoms with Crippen molar-refractivity contribution in [2.24, 2.45) is 0 Å². The van der Waals surface area contributed by atoms with Gasteiger partial charge < -0.3 is 19.5 Å². The normalized spacial score (nSPS) is 21.0. The second-order valence-electron chi connectivity index (χ2n) is 5.17. The first-order valence-electron chi connectivity index (χ1n) is 6.84. The van der Waals surface area contributed by atoms with E-state index >= 15 is 0 Å². The average molecular weight is 328 g/mol. The van der Waals surface area contributed by atoms with E-state index in [2.05, 4.69) is 0 Å². The summed E-state index contributed by atoms with van der Waals surface area (Å²) < 4.78 is 10.2. The third-order valence-corrected chi connectivity index (χ3v) is 4.14. The van der Waals surface area contributed by atoms with Crippen LogP contribution >= 0.6 is 11.6 Å². The molecule has 120 valence electrons. The molecule has 1 aromatic carbocycles. The number of hydrogen-bond donors (Lipinski definition) is 1. The van der Waals surface area contributed by atoms with E-state index in [-0.39, 0.29) is 12.2 Å². The maximum Gasteiger partial charge on any atom is 0.332 e. The Hall–Kier alpha value is -1.79. The third kappa shape index (κ3) is 2.76. The van der Waals surface area contributed by atoms with Gasteiger partial charge in [-0.1, -0.05) is 11.6 Å². The molecule has 0 spiro atoms. The Morgan fingerprint density at radius 2 is 2.14 bits per heavy atom. The molecular formula is C15H18ClNO5. The van der Waals surface area contributed by atoms with Crippen molar-refractivity contribution in [1.82, 2.24) is 4.90 Å². The van der Waals surface area contributed by atoms with Gasteiger partial charge in [0.1, 0.15) is 5.75 Å². The molecule has 1 aliphatic rings. The zero-order chi connectivity index (χ0) is 16.3. The molecule has 1 amide bonds. The molecule has 1 aliphatic heterocycles. The molecule has 1 saturated heterocycles. The van der Waals surface area contributed by atoms with Crippen LogP contribution in [0.2, 0.25) is 5.02 Å². The smallest absolute Gasteiger partial charge is 0.332 e. The number of methoxy groups -OCH3 is 2. The van der Waals surface area contributed by atoms with E-state index < -0.39 is 17.4 Å². The molecule has 0 saturated carbocycles. The van der Waals surface area contributed by atoms with Crippen molar-refractivity contribution in [3.63, 3.8) is 0 Å². The van der Waals surface area contributed by atoms with E-state index in [1.807, 2.05) is 0 Å². The summed E-state index contributed by atoms with van der Waals surface area (Å²) in [4.78, 5) is 25.9. The van der Waals surface area contributed by atoms with Crippen molar-refractivity contribution in [3.05, 3.63) is 28.8 Å². The summed E-state index contributed by atoms with van der Waals surface area (Å²) in [6, 6.07) is 4.65. The van der Waals surface area contributed by atoms with Crippen LogP contribution < -0.4 is 4.74 Å². The minimum Gasteiger partial charge on any atom is -0.496 e. The predicted octanol–water partition coefficient (Wildman–Crippen LogP) is 2.05. The number of carboxylic acid groups (broad SMARTS) is 1. The molecule has 1 unspecified atom stereocenters. The van der Waals surface area contributed by atoms with Gasteiger partial charge in [0, 0.05) is 18.7 Å². The van der Waals surface area contributed by atoms with Crippen LogP contribution in [-0.2, 0) is 9.53 Å². The molecule has 1 N–H and O–H groups in total. The fraction of sp³-hybridized carbons (Fsp3) is 0.467. The zero-order valence-electron chi connectivity index (χ0n) is 12.5. The molecule has 0 bridgehead atoms. The van der Waals surface area contributed by atoms with Crippen LogP contribution in [0.25, 0.3) is 0 Å². The number of rotatable bonds is 5. The number of amides is 1. The van der Waals surface area contributed by atoms with Crippen molar-refractivity contribution in [2.75, 3.05) is 27.4 Å². The highest BCUT2D eigenvalue weighted by atomic mass is 35.5. The zero-order valence-corrected chi connectivity index (χ0v) is 13.2. The average Bonchev–Trinajstić information content (AvgIpc) is 2.92. The van der Waals surface area contributed by atoms with Crippen LogP contribution in [0.1, 0.15) is 23.2 Å². The third-order valence-electron chi connectivity index (χ3n) is 3.91. The summed E-state index contributed by atoms with van der Waals surface area (Å²) in [6.45, 7) is 0.310. The number of nitrogens with zero attached hydrogens (tertiary/aromatic N) is 1. The van der Waals surface area contributed by atoms with Crippen LogP contribution in [0.4, 0.5) is 0 Å². The Morgan fingerprint density at radius 1 is 1.41 bits per heavy atom. The Morgan fingerprint density at radius 3 is 2.73 bits per heavy atom. The lowest BCUT2D eigenvalue weighted by molar-refractivity contribution is -0.151. The molecule has 2 rings (SSSR count). The molecule has 0 aromatic heterocycles. The van der Waals surface area contributed by atoms with Gasteiger partial charge in [-0.15, -0.1) is 0 Å². The number of halogens is 1. The van der Waals surface area contributed by atoms with E-state index in [4.69, 9.17) is 21.1 Å². The second kappa shape index (κ2) is 6.54. The largest absolute Gasteiger partial charge is 0.496 e. The fourth-order valence-corrected chi connectivity index (χ4v) is 3.00. The Balaban J connectivity index is 2.41. The molecule has 1 atom stereocenters. The molecular weight excluding hydrogens is 310 g/mol. The first-order valence-corrected chi connectivity index (χ1v) is 7.22. The maximum atomic E-state index is 12.8. The van der Waals surface area contributed by atoms with Crippen LogP contribution in [0, 0.1) is 0 Å². The number of carboxylic acids is 1. The Bertz CT molecular complexity index is 591. The standard InChI is InChI=1S/C15H18ClNO5/c1-21-9-15(14(19)20)6-3-7-17(15)13(18)11-5-4-10(16)8-12(11)22-2/h4-5,8H,3,6-7,9H2,1-2H3,(H,19,20). The predicted molar refractivity (Wildman–Crippen MR) is 80.5 cm³/mol. The van der Waals surface area contributed by atoms with Crippen LogP contribution in [0.15, 0.2) is 18.2 Å². The van der Waals surface area contributed by atoms with Gasteiger partial charge in [-0.2, -0.15) is 0 Å². The van der Waals surface area contributed by atoms with Gasteiger partial charge in [-0.25, -0.2) is 4.79 Å². The van der Waals surface area contributed by atoms with Gasteiger partial charge >= 0.3 is 5.97 Å². The van der Waals surface area contributed by atoms with Crippen molar-refractivity contribution in [3.8, 4) is 5.75 Å². The maximum absolute atomic E-state index is 12.8. The molecule has 6 nitrogen and oxygen atoms in total. The van der Waals surface area contributed by atoms with Crippen LogP contribution in [-0.4, -0.2) is 54.8 Å². The number of carbonyl (C=O) groups excluding carboxylic acids is 1. The van der Waals surface area contributed by atoms with Crippen LogP contribution in [0.5, 0.6) is 5.75 Å². The van der Waals surface area contributed by atoms with E-state index in [1.165, 1.54) is 25.2 Å². The quantitative estimate of drug-likeness (QED) is 0.895. The number of likely N-dealkylation sites (tertiary alicyclic amines) is 1. The van der Waals surface area contributed by atoms with Crippen molar-refractivity contribution < 1.29 is 24.2 Å². The summed E-state index contributed by atoms with van der Waals surface area (Å²) >= 11 is 5.90. The summed E-state index contributed by atoms with van der Waals surface area (Å²) in [6.07, 6.45) is 0.967. The first kappa shape index (κ1) is 16.6. The molecule has 22 heavy (non-hydrogen) atoms. The molecule has 7 heteroatoms. The summed E-state index contributed by atoms with van der Waals surface area (Å²) in [7, 11) is 2.86. The van der Waals surface area contributed by atoms with Gasteiger partial charge in [0.25, 0.3) is 5.91 Å². The van der Waals surface area contributed by atoms with E-state index in [0.717, 1.165) is 0 Å². The fourth-order valence-electron chi connectivity index (χ4n) is 2.83. The lowest BCUT2D eigenvalue weighted by Crippen LogP contribution is -2.56. The molecule has 1 aromatic rings. The van der Waals surface area contributed by atoms with Crippen molar-refractivity contribution >= 4 is 23.5 Å². The Labute approximate surface area is 133 Å². The lowest BCUT2D eigenvalue weighted by atomic mass is 9.96. The topological polar surface area (TPSA) is 76.1 Å². The van der Waals surface area contributed by atoms with Crippen molar-refractivity contribution in [1.29, 1.82) is 0 Å². The highest BCUT2D eigenvalue weighted by Gasteiger charge is 2.50. The van der Waals surface area contributed by atoms with Gasteiger partial charge in [-0.05, 0) is 31.0 Å². The highest BCUT2D eigenvalue weighted by Crippen LogP contribution is 2.34. The van der Waals surface area contributed by atoms with E-state index in [1.54, 1.807) is 12.1 Å².